The highest BCUT2D eigenvalue weighted by molar-refractivity contribution is 8.00. The van der Waals surface area contributed by atoms with Gasteiger partial charge >= 0.3 is 0 Å². The van der Waals surface area contributed by atoms with Crippen molar-refractivity contribution in [3.63, 3.8) is 0 Å². The molecule has 1 aliphatic rings. The van der Waals surface area contributed by atoms with Gasteiger partial charge in [0.05, 0.1) is 11.3 Å². The van der Waals surface area contributed by atoms with E-state index in [9.17, 15) is 14.4 Å². The summed E-state index contributed by atoms with van der Waals surface area (Å²) in [7, 11) is 0. The van der Waals surface area contributed by atoms with E-state index in [0.29, 0.717) is 17.7 Å². The molecule has 0 unspecified atom stereocenters. The van der Waals surface area contributed by atoms with Crippen LogP contribution in [0.5, 0.6) is 0 Å². The lowest BCUT2D eigenvalue weighted by molar-refractivity contribution is -0.121. The summed E-state index contributed by atoms with van der Waals surface area (Å²) < 4.78 is 13.6. The molecule has 1 amide bonds. The van der Waals surface area contributed by atoms with Gasteiger partial charge in [0, 0.05) is 4.90 Å². The standard InChI is InChI=1S/C16H19FN2OS/c1-12(21-14-8-4-3-7-13(14)17)15(20)19-16(11-18)9-5-2-6-10-16/h3-4,7-8,12H,2,5-6,9-10H2,1H3,(H,19,20)/t12-/m1/s1. The Morgan fingerprint density at radius 3 is 2.67 bits per heavy atom. The second kappa shape index (κ2) is 6.95. The molecular weight excluding hydrogens is 287 g/mol. The van der Waals surface area contributed by atoms with Crippen molar-refractivity contribution < 1.29 is 9.18 Å². The van der Waals surface area contributed by atoms with Crippen molar-refractivity contribution in [2.24, 2.45) is 0 Å². The molecule has 21 heavy (non-hydrogen) atoms. The molecule has 0 radical (unpaired) electrons. The van der Waals surface area contributed by atoms with E-state index in [1.807, 2.05) is 0 Å². The number of nitriles is 1. The molecule has 1 aromatic rings. The normalized spacial score (nSPS) is 18.5. The van der Waals surface area contributed by atoms with E-state index in [1.54, 1.807) is 25.1 Å². The number of carbonyl (C=O) groups excluding carboxylic acids is 1. The number of nitrogens with one attached hydrogen (secondary N) is 1. The van der Waals surface area contributed by atoms with E-state index >= 15 is 0 Å². The summed E-state index contributed by atoms with van der Waals surface area (Å²) in [6.45, 7) is 1.74. The molecule has 0 spiro atoms. The van der Waals surface area contributed by atoms with Crippen LogP contribution in [-0.4, -0.2) is 16.7 Å². The summed E-state index contributed by atoms with van der Waals surface area (Å²) >= 11 is 1.18. The van der Waals surface area contributed by atoms with Gasteiger partial charge in [0.15, 0.2) is 0 Å². The lowest BCUT2D eigenvalue weighted by Crippen LogP contribution is -2.50. The van der Waals surface area contributed by atoms with Gasteiger partial charge in [0.2, 0.25) is 5.91 Å². The number of hydrogen-bond acceptors (Lipinski definition) is 3. The Morgan fingerprint density at radius 1 is 1.38 bits per heavy atom. The molecule has 0 aromatic heterocycles. The lowest BCUT2D eigenvalue weighted by Gasteiger charge is -2.32. The van der Waals surface area contributed by atoms with Gasteiger partial charge < -0.3 is 5.32 Å². The fourth-order valence-corrected chi connectivity index (χ4v) is 3.43. The largest absolute Gasteiger partial charge is 0.337 e. The quantitative estimate of drug-likeness (QED) is 0.864. The van der Waals surface area contributed by atoms with E-state index in [0.717, 1.165) is 19.3 Å². The fourth-order valence-electron chi connectivity index (χ4n) is 2.54. The maximum absolute atomic E-state index is 13.6. The molecule has 0 heterocycles. The monoisotopic (exact) mass is 306 g/mol. The minimum atomic E-state index is -0.737. The first-order chi connectivity index (χ1) is 10.1. The topological polar surface area (TPSA) is 52.9 Å². The van der Waals surface area contributed by atoms with E-state index in [4.69, 9.17) is 0 Å². The van der Waals surface area contributed by atoms with Gasteiger partial charge in [-0.25, -0.2) is 4.39 Å². The number of thioether (sulfide) groups is 1. The number of hydrogen-bond donors (Lipinski definition) is 1. The van der Waals surface area contributed by atoms with Gasteiger partial charge in [-0.05, 0) is 31.9 Å². The molecule has 0 saturated heterocycles. The van der Waals surface area contributed by atoms with Gasteiger partial charge in [-0.2, -0.15) is 5.26 Å². The summed E-state index contributed by atoms with van der Waals surface area (Å²) in [5.41, 5.74) is -0.737. The van der Waals surface area contributed by atoms with E-state index in [1.165, 1.54) is 17.8 Å². The first kappa shape index (κ1) is 15.8. The van der Waals surface area contributed by atoms with E-state index < -0.39 is 10.8 Å². The van der Waals surface area contributed by atoms with Gasteiger partial charge in [0.1, 0.15) is 11.4 Å². The molecule has 5 heteroatoms. The van der Waals surface area contributed by atoms with Crippen molar-refractivity contribution in [1.82, 2.24) is 5.32 Å². The zero-order chi connectivity index (χ0) is 15.3. The summed E-state index contributed by atoms with van der Waals surface area (Å²) in [6.07, 6.45) is 4.43. The minimum absolute atomic E-state index is 0.202. The number of benzene rings is 1. The van der Waals surface area contributed by atoms with Crippen molar-refractivity contribution in [2.75, 3.05) is 0 Å². The molecule has 1 saturated carbocycles. The molecule has 1 aromatic carbocycles. The molecule has 0 bridgehead atoms. The summed E-state index contributed by atoms with van der Waals surface area (Å²) in [5.74, 6) is -0.526. The predicted octanol–water partition coefficient (Wildman–Crippen LogP) is 3.65. The first-order valence-electron chi connectivity index (χ1n) is 7.21. The number of carbonyl (C=O) groups is 1. The zero-order valence-corrected chi connectivity index (χ0v) is 12.9. The number of rotatable bonds is 4. The Bertz CT molecular complexity index is 549. The predicted molar refractivity (Wildman–Crippen MR) is 81.3 cm³/mol. The molecule has 112 valence electrons. The zero-order valence-electron chi connectivity index (χ0n) is 12.1. The second-order valence-electron chi connectivity index (χ2n) is 5.43. The number of halogens is 1. The van der Waals surface area contributed by atoms with E-state index in [2.05, 4.69) is 11.4 Å². The molecule has 2 rings (SSSR count). The first-order valence-corrected chi connectivity index (χ1v) is 8.09. The maximum Gasteiger partial charge on any atom is 0.234 e. The number of amides is 1. The van der Waals surface area contributed by atoms with Gasteiger partial charge in [-0.3, -0.25) is 4.79 Å². The van der Waals surface area contributed by atoms with Crippen molar-refractivity contribution in [2.45, 2.75) is 54.7 Å². The molecule has 1 atom stereocenters. The fraction of sp³-hybridized carbons (Fsp3) is 0.500. The molecule has 1 fully saturated rings. The molecule has 3 nitrogen and oxygen atoms in total. The Balaban J connectivity index is 1.99. The smallest absolute Gasteiger partial charge is 0.234 e. The average Bonchev–Trinajstić information content (AvgIpc) is 2.50. The summed E-state index contributed by atoms with van der Waals surface area (Å²) in [4.78, 5) is 12.7. The van der Waals surface area contributed by atoms with Crippen LogP contribution in [0.2, 0.25) is 0 Å². The minimum Gasteiger partial charge on any atom is -0.337 e. The Kier molecular flexibility index (Phi) is 5.24. The van der Waals surface area contributed by atoms with Crippen molar-refractivity contribution in [3.05, 3.63) is 30.1 Å². The highest BCUT2D eigenvalue weighted by Crippen LogP contribution is 2.30. The molecule has 0 aliphatic heterocycles. The van der Waals surface area contributed by atoms with Crippen molar-refractivity contribution in [1.29, 1.82) is 5.26 Å². The second-order valence-corrected chi connectivity index (χ2v) is 6.82. The van der Waals surface area contributed by atoms with Crippen LogP contribution in [0.15, 0.2) is 29.2 Å². The highest BCUT2D eigenvalue weighted by atomic mass is 32.2. The SMILES string of the molecule is C[C@@H](Sc1ccccc1F)C(=O)NC1(C#N)CCCCC1. The van der Waals surface area contributed by atoms with Crippen LogP contribution < -0.4 is 5.32 Å². The van der Waals surface area contributed by atoms with Crippen LogP contribution in [-0.2, 0) is 4.79 Å². The Labute approximate surface area is 128 Å². The highest BCUT2D eigenvalue weighted by Gasteiger charge is 2.34. The van der Waals surface area contributed by atoms with E-state index in [-0.39, 0.29) is 11.7 Å². The summed E-state index contributed by atoms with van der Waals surface area (Å²) in [6, 6.07) is 8.67. The van der Waals surface area contributed by atoms with Crippen LogP contribution >= 0.6 is 11.8 Å². The van der Waals surface area contributed by atoms with Gasteiger partial charge in [-0.15, -0.1) is 11.8 Å². The van der Waals surface area contributed by atoms with Crippen LogP contribution in [0.25, 0.3) is 0 Å². The van der Waals surface area contributed by atoms with Crippen LogP contribution in [0.3, 0.4) is 0 Å². The third-order valence-corrected chi connectivity index (χ3v) is 4.95. The maximum atomic E-state index is 13.6. The van der Waals surface area contributed by atoms with Crippen molar-refractivity contribution in [3.8, 4) is 6.07 Å². The Hall–Kier alpha value is -1.54. The van der Waals surface area contributed by atoms with Gasteiger partial charge in [-0.1, -0.05) is 31.4 Å². The Morgan fingerprint density at radius 2 is 2.05 bits per heavy atom. The molecule has 1 aliphatic carbocycles. The number of nitrogens with zero attached hydrogens (tertiary/aromatic N) is 1. The van der Waals surface area contributed by atoms with Crippen LogP contribution in [0.4, 0.5) is 4.39 Å². The molecule has 1 N–H and O–H groups in total. The van der Waals surface area contributed by atoms with Gasteiger partial charge in [0.25, 0.3) is 0 Å². The third-order valence-electron chi connectivity index (χ3n) is 3.79. The molecular formula is C16H19FN2OS. The summed E-state index contributed by atoms with van der Waals surface area (Å²) in [5, 5.41) is 11.8. The van der Waals surface area contributed by atoms with Crippen LogP contribution in [0.1, 0.15) is 39.0 Å². The van der Waals surface area contributed by atoms with Crippen LogP contribution in [0, 0.1) is 17.1 Å². The average molecular weight is 306 g/mol. The lowest BCUT2D eigenvalue weighted by atomic mass is 9.83. The third kappa shape index (κ3) is 3.98. The van der Waals surface area contributed by atoms with Crippen molar-refractivity contribution >= 4 is 17.7 Å².